The average Bonchev–Trinajstić information content (AvgIpc) is 2.98. The molecule has 106 valence electrons. The molecule has 0 amide bonds. The molecule has 0 saturated carbocycles. The lowest BCUT2D eigenvalue weighted by Gasteiger charge is -2.11. The molecule has 1 aliphatic rings. The molecule has 5 nitrogen and oxygen atoms in total. The van der Waals surface area contributed by atoms with Crippen molar-refractivity contribution < 1.29 is 14.6 Å². The van der Waals surface area contributed by atoms with E-state index in [-0.39, 0.29) is 0 Å². The first-order chi connectivity index (χ1) is 9.61. The van der Waals surface area contributed by atoms with Crippen molar-refractivity contribution in [3.63, 3.8) is 0 Å². The van der Waals surface area contributed by atoms with Gasteiger partial charge in [0.2, 0.25) is 5.89 Å². The molecule has 1 fully saturated rings. The molecule has 2 atom stereocenters. The molecule has 3 rings (SSSR count). The van der Waals surface area contributed by atoms with Gasteiger partial charge in [-0.25, -0.2) is 4.98 Å². The van der Waals surface area contributed by atoms with Crippen LogP contribution in [-0.4, -0.2) is 45.4 Å². The van der Waals surface area contributed by atoms with Gasteiger partial charge in [0.05, 0.1) is 24.9 Å². The Kier molecular flexibility index (Phi) is 3.76. The van der Waals surface area contributed by atoms with Crippen LogP contribution in [0.25, 0.3) is 11.3 Å². The SMILES string of the molecule is OC1CN(Cc2ncc(-c3cccc(Cl)c3)o2)CC1O. The third-order valence-corrected chi connectivity index (χ3v) is 3.59. The number of aromatic nitrogens is 1. The van der Waals surface area contributed by atoms with Crippen LogP contribution in [0.2, 0.25) is 5.02 Å². The highest BCUT2D eigenvalue weighted by atomic mass is 35.5. The van der Waals surface area contributed by atoms with Gasteiger partial charge in [0.15, 0.2) is 5.76 Å². The zero-order valence-corrected chi connectivity index (χ0v) is 11.5. The number of aliphatic hydroxyl groups is 2. The summed E-state index contributed by atoms with van der Waals surface area (Å²) in [7, 11) is 0. The fourth-order valence-corrected chi connectivity index (χ4v) is 2.52. The summed E-state index contributed by atoms with van der Waals surface area (Å²) in [6.07, 6.45) is 0.263. The van der Waals surface area contributed by atoms with E-state index in [2.05, 4.69) is 4.98 Å². The third-order valence-electron chi connectivity index (χ3n) is 3.36. The number of rotatable bonds is 3. The molecular weight excluding hydrogens is 280 g/mol. The van der Waals surface area contributed by atoms with E-state index in [1.807, 2.05) is 23.1 Å². The van der Waals surface area contributed by atoms with Gasteiger partial charge in [0.1, 0.15) is 0 Å². The topological polar surface area (TPSA) is 69.7 Å². The predicted octanol–water partition coefficient (Wildman–Crippen LogP) is 1.53. The van der Waals surface area contributed by atoms with Gasteiger partial charge < -0.3 is 14.6 Å². The molecule has 1 aliphatic heterocycles. The van der Waals surface area contributed by atoms with Crippen LogP contribution >= 0.6 is 11.6 Å². The van der Waals surface area contributed by atoms with Crippen molar-refractivity contribution in [1.82, 2.24) is 9.88 Å². The van der Waals surface area contributed by atoms with E-state index < -0.39 is 12.2 Å². The fourth-order valence-electron chi connectivity index (χ4n) is 2.33. The minimum absolute atomic E-state index is 0.427. The summed E-state index contributed by atoms with van der Waals surface area (Å²) in [6.45, 7) is 1.32. The number of β-amino-alcohol motifs (C(OH)–C–C–N with tert-alkyl or cyclic N) is 2. The van der Waals surface area contributed by atoms with Crippen molar-refractivity contribution in [3.05, 3.63) is 41.4 Å². The third kappa shape index (κ3) is 2.86. The lowest BCUT2D eigenvalue weighted by molar-refractivity contribution is 0.0572. The summed E-state index contributed by atoms with van der Waals surface area (Å²) in [5.74, 6) is 1.21. The quantitative estimate of drug-likeness (QED) is 0.898. The second-order valence-electron chi connectivity index (χ2n) is 4.96. The van der Waals surface area contributed by atoms with Gasteiger partial charge in [-0.2, -0.15) is 0 Å². The highest BCUT2D eigenvalue weighted by molar-refractivity contribution is 6.30. The molecule has 2 unspecified atom stereocenters. The normalized spacial score (nSPS) is 23.4. The Morgan fingerprint density at radius 3 is 2.75 bits per heavy atom. The van der Waals surface area contributed by atoms with Gasteiger partial charge in [-0.3, -0.25) is 4.90 Å². The van der Waals surface area contributed by atoms with Crippen LogP contribution in [0.1, 0.15) is 5.89 Å². The van der Waals surface area contributed by atoms with Crippen LogP contribution in [0.3, 0.4) is 0 Å². The standard InChI is InChI=1S/C14H15ClN2O3/c15-10-3-1-2-9(4-10)13-5-16-14(20-13)8-17-6-11(18)12(19)7-17/h1-5,11-12,18-19H,6-8H2. The van der Waals surface area contributed by atoms with E-state index in [4.69, 9.17) is 16.0 Å². The zero-order valence-electron chi connectivity index (χ0n) is 10.7. The van der Waals surface area contributed by atoms with Crippen LogP contribution in [0, 0.1) is 0 Å². The minimum Gasteiger partial charge on any atom is -0.439 e. The Morgan fingerprint density at radius 1 is 1.30 bits per heavy atom. The summed E-state index contributed by atoms with van der Waals surface area (Å²) in [6, 6.07) is 7.37. The Labute approximate surface area is 121 Å². The number of oxazole rings is 1. The molecule has 2 aromatic rings. The fraction of sp³-hybridized carbons (Fsp3) is 0.357. The number of nitrogens with zero attached hydrogens (tertiary/aromatic N) is 2. The number of hydrogen-bond acceptors (Lipinski definition) is 5. The van der Waals surface area contributed by atoms with Crippen LogP contribution in [-0.2, 0) is 6.54 Å². The zero-order chi connectivity index (χ0) is 14.1. The Bertz CT molecular complexity index is 592. The summed E-state index contributed by atoms with van der Waals surface area (Å²) < 4.78 is 5.68. The lowest BCUT2D eigenvalue weighted by atomic mass is 10.2. The van der Waals surface area contributed by atoms with Crippen LogP contribution < -0.4 is 0 Å². The minimum atomic E-state index is -0.697. The van der Waals surface area contributed by atoms with Gasteiger partial charge in [-0.05, 0) is 12.1 Å². The molecule has 6 heteroatoms. The highest BCUT2D eigenvalue weighted by Crippen LogP contribution is 2.24. The van der Waals surface area contributed by atoms with E-state index >= 15 is 0 Å². The van der Waals surface area contributed by atoms with Gasteiger partial charge >= 0.3 is 0 Å². The van der Waals surface area contributed by atoms with Gasteiger partial charge in [0, 0.05) is 23.7 Å². The van der Waals surface area contributed by atoms with E-state index in [9.17, 15) is 10.2 Å². The second-order valence-corrected chi connectivity index (χ2v) is 5.39. The molecule has 1 saturated heterocycles. The molecule has 0 radical (unpaired) electrons. The van der Waals surface area contributed by atoms with Crippen molar-refractivity contribution in [2.24, 2.45) is 0 Å². The van der Waals surface area contributed by atoms with Gasteiger partial charge in [-0.1, -0.05) is 23.7 Å². The van der Waals surface area contributed by atoms with E-state index in [1.54, 1.807) is 12.3 Å². The molecule has 1 aromatic carbocycles. The number of hydrogen-bond donors (Lipinski definition) is 2. The molecule has 0 spiro atoms. The Morgan fingerprint density at radius 2 is 2.05 bits per heavy atom. The number of halogens is 1. The Hall–Kier alpha value is -1.40. The van der Waals surface area contributed by atoms with E-state index in [0.29, 0.717) is 36.3 Å². The van der Waals surface area contributed by atoms with Gasteiger partial charge in [-0.15, -0.1) is 0 Å². The monoisotopic (exact) mass is 294 g/mol. The van der Waals surface area contributed by atoms with E-state index in [0.717, 1.165) is 5.56 Å². The maximum atomic E-state index is 9.50. The van der Waals surface area contributed by atoms with Crippen molar-refractivity contribution in [2.45, 2.75) is 18.8 Å². The van der Waals surface area contributed by atoms with Crippen LogP contribution in [0.5, 0.6) is 0 Å². The smallest absolute Gasteiger partial charge is 0.209 e. The first kappa shape index (κ1) is 13.6. The number of benzene rings is 1. The summed E-state index contributed by atoms with van der Waals surface area (Å²) >= 11 is 5.95. The summed E-state index contributed by atoms with van der Waals surface area (Å²) in [5, 5.41) is 19.6. The summed E-state index contributed by atoms with van der Waals surface area (Å²) in [5.41, 5.74) is 0.873. The molecule has 20 heavy (non-hydrogen) atoms. The highest BCUT2D eigenvalue weighted by Gasteiger charge is 2.30. The molecule has 2 heterocycles. The Balaban J connectivity index is 1.71. The lowest BCUT2D eigenvalue weighted by Crippen LogP contribution is -2.22. The van der Waals surface area contributed by atoms with Crippen molar-refractivity contribution in [2.75, 3.05) is 13.1 Å². The number of aliphatic hydroxyl groups excluding tert-OH is 2. The molecule has 2 N–H and O–H groups in total. The maximum absolute atomic E-state index is 9.50. The maximum Gasteiger partial charge on any atom is 0.209 e. The van der Waals surface area contributed by atoms with Crippen molar-refractivity contribution in [1.29, 1.82) is 0 Å². The van der Waals surface area contributed by atoms with Crippen molar-refractivity contribution in [3.8, 4) is 11.3 Å². The largest absolute Gasteiger partial charge is 0.439 e. The molecule has 0 bridgehead atoms. The molecular formula is C14H15ClN2O3. The number of likely N-dealkylation sites (tertiary alicyclic amines) is 1. The summed E-state index contributed by atoms with van der Waals surface area (Å²) in [4.78, 5) is 6.13. The average molecular weight is 295 g/mol. The van der Waals surface area contributed by atoms with Crippen LogP contribution in [0.4, 0.5) is 0 Å². The first-order valence-corrected chi connectivity index (χ1v) is 6.79. The van der Waals surface area contributed by atoms with Gasteiger partial charge in [0.25, 0.3) is 0 Å². The van der Waals surface area contributed by atoms with Crippen molar-refractivity contribution >= 4 is 11.6 Å². The molecule has 1 aromatic heterocycles. The predicted molar refractivity (Wildman–Crippen MR) is 74.2 cm³/mol. The second kappa shape index (κ2) is 5.54. The van der Waals surface area contributed by atoms with E-state index in [1.165, 1.54) is 0 Å². The van der Waals surface area contributed by atoms with Crippen LogP contribution in [0.15, 0.2) is 34.9 Å². The first-order valence-electron chi connectivity index (χ1n) is 6.41. The molecule has 0 aliphatic carbocycles.